The molecule has 0 aliphatic heterocycles. The molecule has 0 saturated carbocycles. The van der Waals surface area contributed by atoms with E-state index in [-0.39, 0.29) is 0 Å². The van der Waals surface area contributed by atoms with E-state index in [1.54, 1.807) is 12.1 Å². The van der Waals surface area contributed by atoms with E-state index in [9.17, 15) is 0 Å². The van der Waals surface area contributed by atoms with Crippen LogP contribution >= 0.6 is 34.8 Å². The van der Waals surface area contributed by atoms with Gasteiger partial charge in [-0.15, -0.1) is 0 Å². The molecule has 1 aromatic carbocycles. The molecule has 0 radical (unpaired) electrons. The lowest BCUT2D eigenvalue weighted by molar-refractivity contribution is 0.836. The number of halogens is 3. The van der Waals surface area contributed by atoms with E-state index in [2.05, 4.69) is 16.9 Å². The molecule has 0 unspecified atom stereocenters. The highest BCUT2D eigenvalue weighted by molar-refractivity contribution is 6.35. The third-order valence-corrected chi connectivity index (χ3v) is 3.00. The number of aryl methyl sites for hydroxylation is 1. The molecule has 0 atom stereocenters. The van der Waals surface area contributed by atoms with Gasteiger partial charge in [-0.05, 0) is 24.6 Å². The number of rotatable bonds is 3. The third-order valence-electron chi connectivity index (χ3n) is 2.37. The molecule has 2 aromatic rings. The van der Waals surface area contributed by atoms with E-state index in [0.717, 1.165) is 29.9 Å². The minimum absolute atomic E-state index is 0.430. The average molecular weight is 302 g/mol. The second-order valence-corrected chi connectivity index (χ2v) is 5.16. The van der Waals surface area contributed by atoms with Gasteiger partial charge >= 0.3 is 0 Å². The molecule has 0 amide bonds. The molecule has 1 heterocycles. The largest absolute Gasteiger partial charge is 0.233 e. The van der Waals surface area contributed by atoms with Gasteiger partial charge in [0.1, 0.15) is 11.0 Å². The Morgan fingerprint density at radius 2 is 1.61 bits per heavy atom. The first-order valence-electron chi connectivity index (χ1n) is 5.58. The molecular weight excluding hydrogens is 291 g/mol. The maximum absolute atomic E-state index is 6.00. The number of nitrogens with zero attached hydrogens (tertiary/aromatic N) is 2. The summed E-state index contributed by atoms with van der Waals surface area (Å²) >= 11 is 18.0. The van der Waals surface area contributed by atoms with Crippen molar-refractivity contribution < 1.29 is 0 Å². The average Bonchev–Trinajstić information content (AvgIpc) is 2.27. The van der Waals surface area contributed by atoms with Crippen molar-refractivity contribution in [3.8, 4) is 11.3 Å². The molecular formula is C13H11Cl3N2. The minimum atomic E-state index is 0.430. The molecule has 2 rings (SSSR count). The van der Waals surface area contributed by atoms with Crippen LogP contribution in [0, 0.1) is 0 Å². The van der Waals surface area contributed by atoms with Gasteiger partial charge in [-0.3, -0.25) is 0 Å². The van der Waals surface area contributed by atoms with Gasteiger partial charge in [0.25, 0.3) is 0 Å². The van der Waals surface area contributed by atoms with Gasteiger partial charge in [0.15, 0.2) is 0 Å². The summed E-state index contributed by atoms with van der Waals surface area (Å²) in [5.41, 5.74) is 1.58. The Kier molecular flexibility index (Phi) is 4.44. The lowest BCUT2D eigenvalue weighted by atomic mass is 10.1. The number of benzene rings is 1. The van der Waals surface area contributed by atoms with E-state index in [1.807, 2.05) is 12.1 Å². The molecule has 0 aliphatic carbocycles. The van der Waals surface area contributed by atoms with Crippen molar-refractivity contribution in [3.63, 3.8) is 0 Å². The van der Waals surface area contributed by atoms with E-state index in [4.69, 9.17) is 34.8 Å². The standard InChI is InChI=1S/C13H11Cl3N2/c1-2-3-13-17-11(7-12(16)18-13)8-4-9(14)6-10(15)5-8/h4-7H,2-3H2,1H3. The molecule has 0 fully saturated rings. The number of hydrogen-bond acceptors (Lipinski definition) is 2. The Labute approximate surface area is 121 Å². The van der Waals surface area contributed by atoms with E-state index in [1.165, 1.54) is 0 Å². The number of aromatic nitrogens is 2. The van der Waals surface area contributed by atoms with Gasteiger partial charge in [-0.25, -0.2) is 9.97 Å². The topological polar surface area (TPSA) is 25.8 Å². The monoisotopic (exact) mass is 300 g/mol. The van der Waals surface area contributed by atoms with Crippen molar-refractivity contribution in [2.75, 3.05) is 0 Å². The first kappa shape index (κ1) is 13.6. The van der Waals surface area contributed by atoms with Crippen molar-refractivity contribution in [2.24, 2.45) is 0 Å². The molecule has 0 N–H and O–H groups in total. The SMILES string of the molecule is CCCc1nc(Cl)cc(-c2cc(Cl)cc(Cl)c2)n1. The van der Waals surface area contributed by atoms with Crippen molar-refractivity contribution in [1.29, 1.82) is 0 Å². The smallest absolute Gasteiger partial charge is 0.133 e. The molecule has 0 saturated heterocycles. The molecule has 2 nitrogen and oxygen atoms in total. The number of hydrogen-bond donors (Lipinski definition) is 0. The summed E-state index contributed by atoms with van der Waals surface area (Å²) in [5, 5.41) is 1.58. The Hall–Kier alpha value is -0.830. The third kappa shape index (κ3) is 3.35. The fourth-order valence-electron chi connectivity index (χ4n) is 1.65. The fraction of sp³-hybridized carbons (Fsp3) is 0.231. The van der Waals surface area contributed by atoms with Crippen molar-refractivity contribution in [3.05, 3.63) is 45.3 Å². The van der Waals surface area contributed by atoms with Gasteiger partial charge in [0, 0.05) is 28.1 Å². The lowest BCUT2D eigenvalue weighted by Crippen LogP contribution is -1.97. The van der Waals surface area contributed by atoms with Gasteiger partial charge in [0.2, 0.25) is 0 Å². The van der Waals surface area contributed by atoms with E-state index < -0.39 is 0 Å². The maximum Gasteiger partial charge on any atom is 0.133 e. The van der Waals surface area contributed by atoms with E-state index >= 15 is 0 Å². The zero-order chi connectivity index (χ0) is 13.1. The van der Waals surface area contributed by atoms with Crippen LogP contribution in [0.3, 0.4) is 0 Å². The summed E-state index contributed by atoms with van der Waals surface area (Å²) in [6, 6.07) is 7.01. The molecule has 0 spiro atoms. The Morgan fingerprint density at radius 1 is 0.944 bits per heavy atom. The summed E-state index contributed by atoms with van der Waals surface area (Å²) < 4.78 is 0. The predicted molar refractivity (Wildman–Crippen MR) is 76.5 cm³/mol. The molecule has 0 aliphatic rings. The van der Waals surface area contributed by atoms with Crippen LogP contribution in [-0.2, 0) is 6.42 Å². The Morgan fingerprint density at radius 3 is 2.22 bits per heavy atom. The zero-order valence-corrected chi connectivity index (χ0v) is 12.0. The highest BCUT2D eigenvalue weighted by Crippen LogP contribution is 2.27. The van der Waals surface area contributed by atoms with Crippen LogP contribution in [0.1, 0.15) is 19.2 Å². The first-order chi connectivity index (χ1) is 8.58. The summed E-state index contributed by atoms with van der Waals surface area (Å²) in [6.45, 7) is 2.07. The highest BCUT2D eigenvalue weighted by Gasteiger charge is 2.07. The second-order valence-electron chi connectivity index (χ2n) is 3.90. The van der Waals surface area contributed by atoms with Crippen LogP contribution in [0.25, 0.3) is 11.3 Å². The van der Waals surface area contributed by atoms with Crippen LogP contribution in [0.15, 0.2) is 24.3 Å². The van der Waals surface area contributed by atoms with Crippen LogP contribution in [-0.4, -0.2) is 9.97 Å². The van der Waals surface area contributed by atoms with Gasteiger partial charge < -0.3 is 0 Å². The molecule has 94 valence electrons. The van der Waals surface area contributed by atoms with Gasteiger partial charge in [-0.2, -0.15) is 0 Å². The van der Waals surface area contributed by atoms with Crippen LogP contribution in [0.4, 0.5) is 0 Å². The Balaban J connectivity index is 2.49. The van der Waals surface area contributed by atoms with Crippen LogP contribution in [0.5, 0.6) is 0 Å². The van der Waals surface area contributed by atoms with Crippen molar-refractivity contribution in [1.82, 2.24) is 9.97 Å². The van der Waals surface area contributed by atoms with E-state index in [0.29, 0.717) is 15.2 Å². The van der Waals surface area contributed by atoms with Crippen LogP contribution < -0.4 is 0 Å². The fourth-order valence-corrected chi connectivity index (χ4v) is 2.38. The summed E-state index contributed by atoms with van der Waals surface area (Å²) in [4.78, 5) is 8.65. The zero-order valence-electron chi connectivity index (χ0n) is 9.75. The Bertz CT molecular complexity index is 550. The van der Waals surface area contributed by atoms with Gasteiger partial charge in [-0.1, -0.05) is 41.7 Å². The minimum Gasteiger partial charge on any atom is -0.233 e. The lowest BCUT2D eigenvalue weighted by Gasteiger charge is -2.06. The molecule has 5 heteroatoms. The normalized spacial score (nSPS) is 10.7. The quantitative estimate of drug-likeness (QED) is 0.741. The first-order valence-corrected chi connectivity index (χ1v) is 6.72. The van der Waals surface area contributed by atoms with Crippen LogP contribution in [0.2, 0.25) is 15.2 Å². The molecule has 1 aromatic heterocycles. The van der Waals surface area contributed by atoms with Crippen molar-refractivity contribution >= 4 is 34.8 Å². The van der Waals surface area contributed by atoms with Gasteiger partial charge in [0.05, 0.1) is 5.69 Å². The molecule has 0 bridgehead atoms. The predicted octanol–water partition coefficient (Wildman–Crippen LogP) is 5.06. The second kappa shape index (κ2) is 5.87. The summed E-state index contributed by atoms with van der Waals surface area (Å²) in [7, 11) is 0. The summed E-state index contributed by atoms with van der Waals surface area (Å²) in [6.07, 6.45) is 1.76. The maximum atomic E-state index is 6.00. The molecule has 18 heavy (non-hydrogen) atoms. The highest BCUT2D eigenvalue weighted by atomic mass is 35.5. The van der Waals surface area contributed by atoms with Crippen molar-refractivity contribution in [2.45, 2.75) is 19.8 Å². The summed E-state index contributed by atoms with van der Waals surface area (Å²) in [5.74, 6) is 0.732.